The molecule has 0 aromatic heterocycles. The first-order chi connectivity index (χ1) is 9.10. The van der Waals surface area contributed by atoms with Gasteiger partial charge in [0.15, 0.2) is 0 Å². The largest absolute Gasteiger partial charge is 0.382 e. The second-order valence-electron chi connectivity index (χ2n) is 4.82. The van der Waals surface area contributed by atoms with Crippen LogP contribution < -0.4 is 5.32 Å². The van der Waals surface area contributed by atoms with Crippen LogP contribution in [0.4, 0.5) is 5.69 Å². The normalized spacial score (nSPS) is 17.3. The summed E-state index contributed by atoms with van der Waals surface area (Å²) in [7, 11) is 0. The van der Waals surface area contributed by atoms with E-state index in [1.807, 2.05) is 24.3 Å². The SMILES string of the molecule is Clc1cc(Cl)cc(NC2Cc3ccc(Cl)cc3C2)c1. The molecule has 0 radical (unpaired) electrons. The number of benzene rings is 2. The van der Waals surface area contributed by atoms with Crippen LogP contribution in [0.3, 0.4) is 0 Å². The Morgan fingerprint density at radius 1 is 0.789 bits per heavy atom. The number of fused-ring (bicyclic) bond motifs is 1. The summed E-state index contributed by atoms with van der Waals surface area (Å²) in [6.07, 6.45) is 1.97. The fourth-order valence-electron chi connectivity index (χ4n) is 2.56. The highest BCUT2D eigenvalue weighted by atomic mass is 35.5. The summed E-state index contributed by atoms with van der Waals surface area (Å²) in [6, 6.07) is 12.0. The lowest BCUT2D eigenvalue weighted by Gasteiger charge is -2.14. The molecule has 2 aromatic rings. The van der Waals surface area contributed by atoms with Crippen molar-refractivity contribution in [1.82, 2.24) is 0 Å². The van der Waals surface area contributed by atoms with Gasteiger partial charge in [-0.3, -0.25) is 0 Å². The van der Waals surface area contributed by atoms with E-state index in [0.717, 1.165) is 23.6 Å². The average molecular weight is 313 g/mol. The van der Waals surface area contributed by atoms with Crippen LogP contribution in [0, 0.1) is 0 Å². The van der Waals surface area contributed by atoms with Gasteiger partial charge in [0.25, 0.3) is 0 Å². The van der Waals surface area contributed by atoms with Crippen molar-refractivity contribution in [3.05, 3.63) is 62.6 Å². The molecule has 0 aliphatic heterocycles. The van der Waals surface area contributed by atoms with Crippen molar-refractivity contribution in [3.8, 4) is 0 Å². The van der Waals surface area contributed by atoms with E-state index >= 15 is 0 Å². The second-order valence-corrected chi connectivity index (χ2v) is 6.13. The first-order valence-corrected chi connectivity index (χ1v) is 7.23. The highest BCUT2D eigenvalue weighted by molar-refractivity contribution is 6.35. The molecule has 1 unspecified atom stereocenters. The molecule has 0 saturated heterocycles. The number of nitrogens with one attached hydrogen (secondary N) is 1. The Hall–Kier alpha value is -0.890. The maximum Gasteiger partial charge on any atom is 0.0441 e. The number of hydrogen-bond acceptors (Lipinski definition) is 1. The van der Waals surface area contributed by atoms with Gasteiger partial charge in [-0.05, 0) is 54.3 Å². The Balaban J connectivity index is 1.76. The summed E-state index contributed by atoms with van der Waals surface area (Å²) in [4.78, 5) is 0. The minimum atomic E-state index is 0.364. The number of halogens is 3. The fourth-order valence-corrected chi connectivity index (χ4v) is 3.28. The van der Waals surface area contributed by atoms with Crippen LogP contribution in [-0.2, 0) is 12.8 Å². The summed E-state index contributed by atoms with van der Waals surface area (Å²) in [5, 5.41) is 5.57. The van der Waals surface area contributed by atoms with Crippen molar-refractivity contribution in [2.45, 2.75) is 18.9 Å². The molecule has 19 heavy (non-hydrogen) atoms. The van der Waals surface area contributed by atoms with Crippen LogP contribution in [0.15, 0.2) is 36.4 Å². The molecule has 1 aliphatic carbocycles. The van der Waals surface area contributed by atoms with Gasteiger partial charge >= 0.3 is 0 Å². The van der Waals surface area contributed by atoms with E-state index in [4.69, 9.17) is 34.8 Å². The van der Waals surface area contributed by atoms with E-state index in [2.05, 4.69) is 11.4 Å². The van der Waals surface area contributed by atoms with Gasteiger partial charge in [-0.1, -0.05) is 40.9 Å². The molecule has 1 aliphatic rings. The molecule has 0 fully saturated rings. The van der Waals surface area contributed by atoms with E-state index in [9.17, 15) is 0 Å². The molecule has 0 saturated carbocycles. The monoisotopic (exact) mass is 311 g/mol. The Morgan fingerprint density at radius 2 is 1.47 bits per heavy atom. The van der Waals surface area contributed by atoms with E-state index in [1.165, 1.54) is 11.1 Å². The molecule has 98 valence electrons. The lowest BCUT2D eigenvalue weighted by atomic mass is 10.1. The van der Waals surface area contributed by atoms with Gasteiger partial charge in [-0.15, -0.1) is 0 Å². The summed E-state index contributed by atoms with van der Waals surface area (Å²) < 4.78 is 0. The maximum absolute atomic E-state index is 6.02. The molecule has 4 heteroatoms. The van der Waals surface area contributed by atoms with Gasteiger partial charge < -0.3 is 5.32 Å². The highest BCUT2D eigenvalue weighted by Gasteiger charge is 2.21. The molecule has 1 nitrogen and oxygen atoms in total. The van der Waals surface area contributed by atoms with E-state index in [-0.39, 0.29) is 0 Å². The van der Waals surface area contributed by atoms with E-state index in [0.29, 0.717) is 16.1 Å². The molecule has 2 aromatic carbocycles. The summed E-state index contributed by atoms with van der Waals surface area (Å²) >= 11 is 18.0. The Labute approximate surface area is 127 Å². The maximum atomic E-state index is 6.02. The molecular weight excluding hydrogens is 301 g/mol. The summed E-state index contributed by atoms with van der Waals surface area (Å²) in [5.41, 5.74) is 3.63. The predicted octanol–water partition coefficient (Wildman–Crippen LogP) is 5.23. The van der Waals surface area contributed by atoms with Gasteiger partial charge in [-0.2, -0.15) is 0 Å². The van der Waals surface area contributed by atoms with Crippen LogP contribution in [-0.4, -0.2) is 6.04 Å². The third-order valence-corrected chi connectivity index (χ3v) is 4.01. The van der Waals surface area contributed by atoms with Gasteiger partial charge in [0.2, 0.25) is 0 Å². The standard InChI is InChI=1S/C15H12Cl3N/c16-11-2-1-9-4-14(5-10(9)3-11)19-15-7-12(17)6-13(18)8-15/h1-3,6-8,14,19H,4-5H2. The van der Waals surface area contributed by atoms with Crippen molar-refractivity contribution in [2.75, 3.05) is 5.32 Å². The Kier molecular flexibility index (Phi) is 3.62. The van der Waals surface area contributed by atoms with Crippen molar-refractivity contribution in [2.24, 2.45) is 0 Å². The molecule has 0 heterocycles. The van der Waals surface area contributed by atoms with E-state index < -0.39 is 0 Å². The predicted molar refractivity (Wildman–Crippen MR) is 82.7 cm³/mol. The highest BCUT2D eigenvalue weighted by Crippen LogP contribution is 2.29. The quantitative estimate of drug-likeness (QED) is 0.801. The molecule has 0 bridgehead atoms. The smallest absolute Gasteiger partial charge is 0.0441 e. The molecular formula is C15H12Cl3N. The van der Waals surface area contributed by atoms with Gasteiger partial charge in [-0.25, -0.2) is 0 Å². The lowest BCUT2D eigenvalue weighted by molar-refractivity contribution is 0.774. The summed E-state index contributed by atoms with van der Waals surface area (Å²) in [6.45, 7) is 0. The fraction of sp³-hybridized carbons (Fsp3) is 0.200. The van der Waals surface area contributed by atoms with Crippen LogP contribution in [0.25, 0.3) is 0 Å². The molecule has 1 N–H and O–H groups in total. The van der Waals surface area contributed by atoms with E-state index in [1.54, 1.807) is 6.07 Å². The minimum absolute atomic E-state index is 0.364. The zero-order valence-electron chi connectivity index (χ0n) is 10.1. The molecule has 0 amide bonds. The van der Waals surface area contributed by atoms with Gasteiger partial charge in [0.05, 0.1) is 0 Å². The molecule has 3 rings (SSSR count). The second kappa shape index (κ2) is 5.24. The van der Waals surface area contributed by atoms with Crippen molar-refractivity contribution in [1.29, 1.82) is 0 Å². The first kappa shape index (κ1) is 13.1. The zero-order chi connectivity index (χ0) is 13.4. The zero-order valence-corrected chi connectivity index (χ0v) is 12.4. The van der Waals surface area contributed by atoms with Crippen molar-refractivity contribution in [3.63, 3.8) is 0 Å². The van der Waals surface area contributed by atoms with Gasteiger partial charge in [0, 0.05) is 26.8 Å². The Bertz CT molecular complexity index is 605. The van der Waals surface area contributed by atoms with Crippen LogP contribution >= 0.6 is 34.8 Å². The minimum Gasteiger partial charge on any atom is -0.382 e. The summed E-state index contributed by atoms with van der Waals surface area (Å²) in [5.74, 6) is 0. The van der Waals surface area contributed by atoms with Crippen molar-refractivity contribution >= 4 is 40.5 Å². The third-order valence-electron chi connectivity index (χ3n) is 3.33. The van der Waals surface area contributed by atoms with Crippen LogP contribution in [0.2, 0.25) is 15.1 Å². The average Bonchev–Trinajstić information content (AvgIpc) is 2.68. The number of hydrogen-bond donors (Lipinski definition) is 1. The first-order valence-electron chi connectivity index (χ1n) is 6.10. The molecule has 1 atom stereocenters. The Morgan fingerprint density at radius 3 is 2.21 bits per heavy atom. The number of anilines is 1. The number of rotatable bonds is 2. The lowest BCUT2D eigenvalue weighted by Crippen LogP contribution is -2.19. The molecule has 0 spiro atoms. The van der Waals surface area contributed by atoms with Crippen molar-refractivity contribution < 1.29 is 0 Å². The topological polar surface area (TPSA) is 12.0 Å². The van der Waals surface area contributed by atoms with Gasteiger partial charge in [0.1, 0.15) is 0 Å². The van der Waals surface area contributed by atoms with Crippen LogP contribution in [0.1, 0.15) is 11.1 Å². The van der Waals surface area contributed by atoms with Crippen LogP contribution in [0.5, 0.6) is 0 Å². The third kappa shape index (κ3) is 3.00.